The third-order valence-electron chi connectivity index (χ3n) is 3.48. The van der Waals surface area contributed by atoms with Crippen LogP contribution in [0.5, 0.6) is 0 Å². The molecule has 2 heterocycles. The molecule has 1 amide bonds. The standard InChI is InChI=1S/C15H18N4OS/c20-14(13-10-11-4-1-2-5-12(11)21-13)16-8-9-19-15-17-6-3-7-18-15/h3,6-7,10H,1-2,4-5,8-9H2,(H,16,20)(H,17,18,19). The second-order valence-corrected chi connectivity index (χ2v) is 6.16. The Morgan fingerprint density at radius 3 is 2.81 bits per heavy atom. The van der Waals surface area contributed by atoms with Crippen molar-refractivity contribution >= 4 is 23.2 Å². The number of rotatable bonds is 5. The van der Waals surface area contributed by atoms with E-state index in [-0.39, 0.29) is 5.91 Å². The normalized spacial score (nSPS) is 13.5. The highest BCUT2D eigenvalue weighted by atomic mass is 32.1. The van der Waals surface area contributed by atoms with Crippen LogP contribution in [0.2, 0.25) is 0 Å². The van der Waals surface area contributed by atoms with Gasteiger partial charge in [0.25, 0.3) is 5.91 Å². The Kier molecular flexibility index (Phi) is 4.45. The summed E-state index contributed by atoms with van der Waals surface area (Å²) in [5.74, 6) is 0.600. The van der Waals surface area contributed by atoms with Crippen LogP contribution in [0.4, 0.5) is 5.95 Å². The maximum atomic E-state index is 12.1. The van der Waals surface area contributed by atoms with Crippen molar-refractivity contribution in [1.82, 2.24) is 15.3 Å². The zero-order valence-electron chi connectivity index (χ0n) is 11.8. The fourth-order valence-electron chi connectivity index (χ4n) is 2.43. The molecule has 0 aromatic carbocycles. The van der Waals surface area contributed by atoms with Crippen molar-refractivity contribution in [1.29, 1.82) is 0 Å². The van der Waals surface area contributed by atoms with Gasteiger partial charge in [0.1, 0.15) is 0 Å². The summed E-state index contributed by atoms with van der Waals surface area (Å²) in [6, 6.07) is 3.83. The van der Waals surface area contributed by atoms with E-state index in [0.29, 0.717) is 19.0 Å². The van der Waals surface area contributed by atoms with Gasteiger partial charge in [0.15, 0.2) is 0 Å². The molecule has 0 atom stereocenters. The highest BCUT2D eigenvalue weighted by molar-refractivity contribution is 7.14. The second kappa shape index (κ2) is 6.67. The van der Waals surface area contributed by atoms with Gasteiger partial charge in [-0.15, -0.1) is 11.3 Å². The van der Waals surface area contributed by atoms with Gasteiger partial charge in [0.05, 0.1) is 4.88 Å². The lowest BCUT2D eigenvalue weighted by atomic mass is 9.99. The van der Waals surface area contributed by atoms with Gasteiger partial charge in [0, 0.05) is 30.4 Å². The largest absolute Gasteiger partial charge is 0.352 e. The van der Waals surface area contributed by atoms with Crippen LogP contribution in [0.1, 0.15) is 33.0 Å². The van der Waals surface area contributed by atoms with E-state index in [1.807, 2.05) is 0 Å². The van der Waals surface area contributed by atoms with Crippen LogP contribution >= 0.6 is 11.3 Å². The van der Waals surface area contributed by atoms with E-state index in [9.17, 15) is 4.79 Å². The van der Waals surface area contributed by atoms with Crippen LogP contribution < -0.4 is 10.6 Å². The van der Waals surface area contributed by atoms with Gasteiger partial charge < -0.3 is 10.6 Å². The molecule has 2 aromatic heterocycles. The first-order valence-corrected chi connectivity index (χ1v) is 8.05. The van der Waals surface area contributed by atoms with E-state index >= 15 is 0 Å². The van der Waals surface area contributed by atoms with Crippen molar-refractivity contribution in [3.05, 3.63) is 39.8 Å². The first-order valence-electron chi connectivity index (χ1n) is 7.23. The van der Waals surface area contributed by atoms with Gasteiger partial charge in [-0.1, -0.05) is 0 Å². The lowest BCUT2D eigenvalue weighted by Crippen LogP contribution is -2.28. The van der Waals surface area contributed by atoms with Crippen molar-refractivity contribution in [3.63, 3.8) is 0 Å². The summed E-state index contributed by atoms with van der Waals surface area (Å²) < 4.78 is 0. The number of nitrogens with one attached hydrogen (secondary N) is 2. The predicted octanol–water partition coefficient (Wildman–Crippen LogP) is 2.26. The van der Waals surface area contributed by atoms with Crippen LogP contribution in [0.25, 0.3) is 0 Å². The molecule has 2 aromatic rings. The molecule has 0 bridgehead atoms. The van der Waals surface area contributed by atoms with Crippen molar-refractivity contribution < 1.29 is 4.79 Å². The second-order valence-electron chi connectivity index (χ2n) is 5.02. The molecule has 0 aliphatic heterocycles. The lowest BCUT2D eigenvalue weighted by molar-refractivity contribution is 0.0959. The molecule has 0 spiro atoms. The summed E-state index contributed by atoms with van der Waals surface area (Å²) in [5.41, 5.74) is 1.37. The Morgan fingerprint density at radius 2 is 2.00 bits per heavy atom. The summed E-state index contributed by atoms with van der Waals surface area (Å²) in [6.07, 6.45) is 8.10. The van der Waals surface area contributed by atoms with Gasteiger partial charge in [-0.2, -0.15) is 0 Å². The van der Waals surface area contributed by atoms with Crippen LogP contribution in [0.15, 0.2) is 24.5 Å². The summed E-state index contributed by atoms with van der Waals surface area (Å²) in [7, 11) is 0. The Hall–Kier alpha value is -1.95. The third-order valence-corrected chi connectivity index (χ3v) is 4.72. The average molecular weight is 302 g/mol. The SMILES string of the molecule is O=C(NCCNc1ncccn1)c1cc2c(s1)CCCC2. The van der Waals surface area contributed by atoms with E-state index in [4.69, 9.17) is 0 Å². The number of hydrogen-bond acceptors (Lipinski definition) is 5. The lowest BCUT2D eigenvalue weighted by Gasteiger charge is -2.08. The molecule has 0 saturated heterocycles. The third kappa shape index (κ3) is 3.58. The van der Waals surface area contributed by atoms with Crippen molar-refractivity contribution in [2.45, 2.75) is 25.7 Å². The summed E-state index contributed by atoms with van der Waals surface area (Å²) >= 11 is 1.64. The molecule has 21 heavy (non-hydrogen) atoms. The first-order chi connectivity index (χ1) is 10.3. The smallest absolute Gasteiger partial charge is 0.261 e. The van der Waals surface area contributed by atoms with Gasteiger partial charge in [0.2, 0.25) is 5.95 Å². The van der Waals surface area contributed by atoms with Gasteiger partial charge >= 0.3 is 0 Å². The number of thiophene rings is 1. The van der Waals surface area contributed by atoms with E-state index in [2.05, 4.69) is 26.7 Å². The Bertz CT molecular complexity index is 588. The number of fused-ring (bicyclic) bond motifs is 1. The van der Waals surface area contributed by atoms with E-state index in [1.54, 1.807) is 29.8 Å². The number of aryl methyl sites for hydroxylation is 2. The fourth-order valence-corrected chi connectivity index (χ4v) is 3.60. The molecule has 0 fully saturated rings. The van der Waals surface area contributed by atoms with E-state index in [0.717, 1.165) is 17.7 Å². The molecule has 1 aliphatic rings. The Morgan fingerprint density at radius 1 is 1.19 bits per heavy atom. The van der Waals surface area contributed by atoms with Crippen LogP contribution in [-0.4, -0.2) is 29.0 Å². The van der Waals surface area contributed by atoms with E-state index < -0.39 is 0 Å². The zero-order valence-corrected chi connectivity index (χ0v) is 12.6. The number of amides is 1. The molecule has 110 valence electrons. The molecule has 5 nitrogen and oxygen atoms in total. The predicted molar refractivity (Wildman–Crippen MR) is 83.8 cm³/mol. The Balaban J connectivity index is 1.47. The molecule has 2 N–H and O–H groups in total. The quantitative estimate of drug-likeness (QED) is 0.831. The number of anilines is 1. The number of carbonyl (C=O) groups excluding carboxylic acids is 1. The maximum absolute atomic E-state index is 12.1. The molecular formula is C15H18N4OS. The number of aromatic nitrogens is 2. The van der Waals surface area contributed by atoms with Gasteiger partial charge in [-0.25, -0.2) is 9.97 Å². The highest BCUT2D eigenvalue weighted by Gasteiger charge is 2.16. The minimum absolute atomic E-state index is 0.0187. The monoisotopic (exact) mass is 302 g/mol. The topological polar surface area (TPSA) is 66.9 Å². The molecule has 0 saturated carbocycles. The maximum Gasteiger partial charge on any atom is 0.261 e. The van der Waals surface area contributed by atoms with Crippen LogP contribution in [0.3, 0.4) is 0 Å². The first kappa shape index (κ1) is 14.0. The van der Waals surface area contributed by atoms with E-state index in [1.165, 1.54) is 23.3 Å². The summed E-state index contributed by atoms with van der Waals surface area (Å²) in [6.45, 7) is 1.17. The minimum Gasteiger partial charge on any atom is -0.352 e. The molecule has 0 radical (unpaired) electrons. The van der Waals surface area contributed by atoms with Crippen molar-refractivity contribution in [2.75, 3.05) is 18.4 Å². The molecular weight excluding hydrogens is 284 g/mol. The van der Waals surface area contributed by atoms with Gasteiger partial charge in [-0.3, -0.25) is 4.79 Å². The number of carbonyl (C=O) groups is 1. The molecule has 3 rings (SSSR count). The molecule has 1 aliphatic carbocycles. The zero-order chi connectivity index (χ0) is 14.5. The summed E-state index contributed by atoms with van der Waals surface area (Å²) in [4.78, 5) is 22.5. The average Bonchev–Trinajstić information content (AvgIpc) is 2.96. The molecule has 6 heteroatoms. The summed E-state index contributed by atoms with van der Waals surface area (Å²) in [5, 5.41) is 6.00. The fraction of sp³-hybridized carbons (Fsp3) is 0.400. The number of hydrogen-bond donors (Lipinski definition) is 2. The molecule has 0 unspecified atom stereocenters. The van der Waals surface area contributed by atoms with Crippen molar-refractivity contribution in [3.8, 4) is 0 Å². The van der Waals surface area contributed by atoms with Crippen molar-refractivity contribution in [2.24, 2.45) is 0 Å². The van der Waals surface area contributed by atoms with Gasteiger partial charge in [-0.05, 0) is 43.4 Å². The Labute approximate surface area is 127 Å². The minimum atomic E-state index is 0.0187. The van der Waals surface area contributed by atoms with Crippen LogP contribution in [-0.2, 0) is 12.8 Å². The number of nitrogens with zero attached hydrogens (tertiary/aromatic N) is 2. The highest BCUT2D eigenvalue weighted by Crippen LogP contribution is 2.29. The van der Waals surface area contributed by atoms with Crippen LogP contribution in [0, 0.1) is 0 Å².